The van der Waals surface area contributed by atoms with E-state index >= 15 is 0 Å². The Bertz CT molecular complexity index is 1770. The first-order chi connectivity index (χ1) is 23.6. The lowest BCUT2D eigenvalue weighted by atomic mass is 9.71. The second-order valence-electron chi connectivity index (χ2n) is 14.3. The molecule has 4 fully saturated rings. The van der Waals surface area contributed by atoms with E-state index in [2.05, 4.69) is 65.7 Å². The number of hydrogen-bond acceptors (Lipinski definition) is 9. The first-order valence-corrected chi connectivity index (χ1v) is 18.1. The number of anilines is 2. The molecule has 3 aromatic rings. The average Bonchev–Trinajstić information content (AvgIpc) is 3.59. The van der Waals surface area contributed by atoms with Gasteiger partial charge in [0.15, 0.2) is 0 Å². The van der Waals surface area contributed by atoms with E-state index in [0.29, 0.717) is 28.9 Å². The van der Waals surface area contributed by atoms with Crippen LogP contribution in [0.3, 0.4) is 0 Å². The van der Waals surface area contributed by atoms with Crippen molar-refractivity contribution in [2.75, 3.05) is 56.5 Å². The van der Waals surface area contributed by atoms with Crippen LogP contribution in [0.15, 0.2) is 52.1 Å². The molecule has 4 aliphatic rings. The lowest BCUT2D eigenvalue weighted by Gasteiger charge is -2.47. The summed E-state index contributed by atoms with van der Waals surface area (Å²) in [7, 11) is 3.75. The highest BCUT2D eigenvalue weighted by molar-refractivity contribution is 9.10. The van der Waals surface area contributed by atoms with Gasteiger partial charge in [0.2, 0.25) is 5.91 Å². The number of halogens is 1. The molecule has 4 saturated heterocycles. The zero-order valence-electron chi connectivity index (χ0n) is 28.1. The summed E-state index contributed by atoms with van der Waals surface area (Å²) in [4.78, 5) is 56.4. The van der Waals surface area contributed by atoms with Crippen LogP contribution in [0.25, 0.3) is 0 Å². The number of aryl methyl sites for hydroxylation is 1. The Morgan fingerprint density at radius 2 is 1.67 bits per heavy atom. The van der Waals surface area contributed by atoms with Crippen LogP contribution in [0.4, 0.5) is 11.4 Å². The zero-order valence-corrected chi connectivity index (χ0v) is 29.7. The third-order valence-corrected chi connectivity index (χ3v) is 11.9. The van der Waals surface area contributed by atoms with Gasteiger partial charge >= 0.3 is 0 Å². The third-order valence-electron chi connectivity index (χ3n) is 11.1. The van der Waals surface area contributed by atoms with E-state index in [1.54, 1.807) is 17.9 Å². The maximum Gasteiger partial charge on any atom is 0.282 e. The number of hydrogen-bond donors (Lipinski definition) is 2. The largest absolute Gasteiger partial charge is 0.379 e. The van der Waals surface area contributed by atoms with Gasteiger partial charge in [-0.1, -0.05) is 12.1 Å². The molecule has 3 amide bonds. The number of piperidine rings is 4. The second-order valence-corrected chi connectivity index (χ2v) is 15.1. The fourth-order valence-corrected chi connectivity index (χ4v) is 8.57. The molecule has 14 heteroatoms. The van der Waals surface area contributed by atoms with Gasteiger partial charge in [-0.15, -0.1) is 0 Å². The van der Waals surface area contributed by atoms with Crippen LogP contribution in [-0.4, -0.2) is 99.4 Å². The number of imide groups is 1. The van der Waals surface area contributed by atoms with Gasteiger partial charge in [0.05, 0.1) is 23.8 Å². The molecule has 0 saturated carbocycles. The van der Waals surface area contributed by atoms with Crippen molar-refractivity contribution in [2.45, 2.75) is 62.9 Å². The van der Waals surface area contributed by atoms with Crippen LogP contribution >= 0.6 is 15.9 Å². The molecule has 13 nitrogen and oxygen atoms in total. The van der Waals surface area contributed by atoms with Crippen molar-refractivity contribution in [1.82, 2.24) is 34.7 Å². The Labute approximate surface area is 294 Å². The molecular formula is C35H44BrN9O4. The lowest BCUT2D eigenvalue weighted by molar-refractivity contribution is -0.135. The minimum absolute atomic E-state index is 0.100. The zero-order chi connectivity index (χ0) is 34.3. The van der Waals surface area contributed by atoms with Crippen molar-refractivity contribution < 1.29 is 14.4 Å². The molecule has 0 bridgehead atoms. The van der Waals surface area contributed by atoms with Crippen LogP contribution in [0, 0.1) is 5.41 Å². The molecule has 2 aromatic heterocycles. The number of rotatable bonds is 6. The second kappa shape index (κ2) is 13.7. The molecular weight excluding hydrogens is 690 g/mol. The Balaban J connectivity index is 0.907. The van der Waals surface area contributed by atoms with Gasteiger partial charge in [0, 0.05) is 70.5 Å². The van der Waals surface area contributed by atoms with E-state index in [1.807, 2.05) is 29.4 Å². The SMILES string of the molecule is CN1C[C@H](Nc2cnn(C)c(=O)c2Br)C[C@H](c2ccc(C(=O)N3CCC4(CC3)CCN(c3cnn(C5CCC(=O)NC5=O)c3)CC4)cc2)C1. The molecule has 6 heterocycles. The highest BCUT2D eigenvalue weighted by Crippen LogP contribution is 2.42. The van der Waals surface area contributed by atoms with Crippen LogP contribution in [0.5, 0.6) is 0 Å². The van der Waals surface area contributed by atoms with E-state index in [0.717, 1.165) is 82.6 Å². The summed E-state index contributed by atoms with van der Waals surface area (Å²) < 4.78 is 3.49. The van der Waals surface area contributed by atoms with Crippen LogP contribution in [-0.2, 0) is 16.6 Å². The topological polar surface area (TPSA) is 138 Å². The summed E-state index contributed by atoms with van der Waals surface area (Å²) in [6, 6.07) is 7.88. The highest BCUT2D eigenvalue weighted by Gasteiger charge is 2.39. The molecule has 0 aliphatic carbocycles. The number of aromatic nitrogens is 4. The number of likely N-dealkylation sites (tertiary alicyclic amines) is 2. The summed E-state index contributed by atoms with van der Waals surface area (Å²) >= 11 is 3.43. The van der Waals surface area contributed by atoms with E-state index in [-0.39, 0.29) is 34.7 Å². The smallest absolute Gasteiger partial charge is 0.282 e. The third kappa shape index (κ3) is 7.03. The first kappa shape index (κ1) is 33.5. The highest BCUT2D eigenvalue weighted by atomic mass is 79.9. The molecule has 7 rings (SSSR count). The van der Waals surface area contributed by atoms with E-state index in [9.17, 15) is 19.2 Å². The molecule has 49 heavy (non-hydrogen) atoms. The predicted octanol–water partition coefficient (Wildman–Crippen LogP) is 3.14. The van der Waals surface area contributed by atoms with Gasteiger partial charge in [-0.3, -0.25) is 29.2 Å². The molecule has 1 aromatic carbocycles. The standard InChI is InChI=1S/C35H44BrN9O4/c1-41-20-25(17-26(21-41)39-28-19-37-42(2)34(49)31(28)36)23-3-5-24(6-4-23)33(48)44-15-11-35(12-16-44)9-13-43(14-10-35)27-18-38-45(22-27)29-7-8-30(46)40-32(29)47/h3-6,18-19,22,25-26,29,39H,7-17,20-21H2,1-2H3,(H,40,46,47)/t25-,26+,29?/m0/s1. The number of carbonyl (C=O) groups is 3. The van der Waals surface area contributed by atoms with Crippen molar-refractivity contribution in [1.29, 1.82) is 0 Å². The maximum absolute atomic E-state index is 13.6. The minimum Gasteiger partial charge on any atom is -0.379 e. The van der Waals surface area contributed by atoms with Crippen molar-refractivity contribution in [2.24, 2.45) is 12.5 Å². The normalized spacial score (nSPS) is 24.6. The van der Waals surface area contributed by atoms with Gasteiger partial charge in [-0.2, -0.15) is 10.2 Å². The molecule has 4 aliphatic heterocycles. The van der Waals surface area contributed by atoms with Crippen LogP contribution in [0.2, 0.25) is 0 Å². The number of likely N-dealkylation sites (N-methyl/N-ethyl adjacent to an activating group) is 1. The lowest BCUT2D eigenvalue weighted by Crippen LogP contribution is -2.48. The van der Waals surface area contributed by atoms with Gasteiger partial charge in [-0.05, 0) is 90.5 Å². The monoisotopic (exact) mass is 733 g/mol. The summed E-state index contributed by atoms with van der Waals surface area (Å²) in [5.74, 6) is -0.112. The fraction of sp³-hybridized carbons (Fsp3) is 0.543. The maximum atomic E-state index is 13.6. The molecule has 2 N–H and O–H groups in total. The number of amides is 3. The van der Waals surface area contributed by atoms with Gasteiger partial charge in [0.1, 0.15) is 10.5 Å². The number of nitrogens with one attached hydrogen (secondary N) is 2. The van der Waals surface area contributed by atoms with Crippen LogP contribution in [0.1, 0.15) is 72.8 Å². The van der Waals surface area contributed by atoms with Crippen molar-refractivity contribution in [3.05, 3.63) is 68.8 Å². The molecule has 1 unspecified atom stereocenters. The van der Waals surface area contributed by atoms with Gasteiger partial charge < -0.3 is 20.0 Å². The molecule has 1 spiro atoms. The van der Waals surface area contributed by atoms with Gasteiger partial charge in [0.25, 0.3) is 17.4 Å². The Hall–Kier alpha value is -4.04. The Morgan fingerprint density at radius 1 is 0.959 bits per heavy atom. The average molecular weight is 735 g/mol. The number of nitrogens with zero attached hydrogens (tertiary/aromatic N) is 7. The molecule has 0 radical (unpaired) electrons. The van der Waals surface area contributed by atoms with Crippen molar-refractivity contribution in [3.8, 4) is 0 Å². The summed E-state index contributed by atoms with van der Waals surface area (Å²) in [6.07, 6.45) is 11.3. The van der Waals surface area contributed by atoms with Gasteiger partial charge in [-0.25, -0.2) is 4.68 Å². The van der Waals surface area contributed by atoms with Crippen molar-refractivity contribution >= 4 is 45.0 Å². The predicted molar refractivity (Wildman–Crippen MR) is 189 cm³/mol. The summed E-state index contributed by atoms with van der Waals surface area (Å²) in [5.41, 5.74) is 3.73. The summed E-state index contributed by atoms with van der Waals surface area (Å²) in [5, 5.41) is 14.5. The van der Waals surface area contributed by atoms with E-state index in [1.165, 1.54) is 10.2 Å². The minimum atomic E-state index is -0.441. The van der Waals surface area contributed by atoms with E-state index in [4.69, 9.17) is 0 Å². The Kier molecular flexibility index (Phi) is 9.35. The molecule has 260 valence electrons. The fourth-order valence-electron chi connectivity index (χ4n) is 8.10. The quantitative estimate of drug-likeness (QED) is 0.366. The Morgan fingerprint density at radius 3 is 2.39 bits per heavy atom. The summed E-state index contributed by atoms with van der Waals surface area (Å²) in [6.45, 7) is 5.15. The van der Waals surface area contributed by atoms with Crippen LogP contribution < -0.4 is 21.1 Å². The molecule has 3 atom stereocenters. The van der Waals surface area contributed by atoms with E-state index < -0.39 is 6.04 Å². The number of carbonyl (C=O) groups excluding carboxylic acids is 3. The first-order valence-electron chi connectivity index (χ1n) is 17.3. The van der Waals surface area contributed by atoms with Crippen molar-refractivity contribution in [3.63, 3.8) is 0 Å². The number of benzene rings is 1.